The number of anilines is 1. The highest BCUT2D eigenvalue weighted by molar-refractivity contribution is 7.69. The number of thiol groups is 1. The second-order valence-electron chi connectivity index (χ2n) is 5.28. The molecule has 0 fully saturated rings. The van der Waals surface area contributed by atoms with Crippen LogP contribution in [0.2, 0.25) is 5.02 Å². The van der Waals surface area contributed by atoms with E-state index in [2.05, 4.69) is 5.32 Å². The van der Waals surface area contributed by atoms with E-state index < -0.39 is 40.7 Å². The third-order valence-electron chi connectivity index (χ3n) is 3.45. The molecule has 0 aromatic heterocycles. The van der Waals surface area contributed by atoms with E-state index >= 15 is 0 Å². The van der Waals surface area contributed by atoms with Crippen LogP contribution in [0.4, 0.5) is 14.5 Å². The summed E-state index contributed by atoms with van der Waals surface area (Å²) in [7, 11) is -3.09. The number of para-hydroxylation sites is 1. The largest absolute Gasteiger partial charge is 0.320 e. The predicted molar refractivity (Wildman–Crippen MR) is 91.9 cm³/mol. The summed E-state index contributed by atoms with van der Waals surface area (Å²) in [5.41, 5.74) is 0.802. The summed E-state index contributed by atoms with van der Waals surface area (Å²) in [6.45, 7) is 1.10. The van der Waals surface area contributed by atoms with Gasteiger partial charge in [0.25, 0.3) is 0 Å². The normalized spacial score (nSPS) is 11.1. The molecule has 25 heavy (non-hydrogen) atoms. The van der Waals surface area contributed by atoms with Crippen molar-refractivity contribution in [2.45, 2.75) is 13.5 Å². The van der Waals surface area contributed by atoms with E-state index in [-0.39, 0.29) is 6.54 Å². The molecule has 0 atom stereocenters. The zero-order valence-electron chi connectivity index (χ0n) is 13.1. The fourth-order valence-corrected chi connectivity index (χ4v) is 2.85. The van der Waals surface area contributed by atoms with Gasteiger partial charge < -0.3 is 5.32 Å². The van der Waals surface area contributed by atoms with Gasteiger partial charge in [0.15, 0.2) is 0 Å². The summed E-state index contributed by atoms with van der Waals surface area (Å²) in [4.78, 5) is 12.0. The summed E-state index contributed by atoms with van der Waals surface area (Å²) < 4.78 is 50.8. The Labute approximate surface area is 150 Å². The molecular formula is C16H15ClF2N2O3S. The molecule has 134 valence electrons. The van der Waals surface area contributed by atoms with Gasteiger partial charge in [-0.15, -0.1) is 0 Å². The van der Waals surface area contributed by atoms with Gasteiger partial charge in [0.1, 0.15) is 17.3 Å². The number of carbonyl (C=O) groups is 1. The second-order valence-corrected chi connectivity index (χ2v) is 6.75. The molecular weight excluding hydrogens is 374 g/mol. The van der Waals surface area contributed by atoms with Gasteiger partial charge in [-0.3, -0.25) is 4.79 Å². The number of nitrogens with one attached hydrogen (secondary N) is 1. The zero-order chi connectivity index (χ0) is 18.6. The summed E-state index contributed by atoms with van der Waals surface area (Å²) in [5.74, 6) is -2.75. The lowest BCUT2D eigenvalue weighted by molar-refractivity contribution is -0.116. The van der Waals surface area contributed by atoms with Crippen molar-refractivity contribution in [3.63, 3.8) is 0 Å². The first-order chi connectivity index (χ1) is 11.8. The number of nitrogens with zero attached hydrogens (tertiary/aromatic N) is 1. The van der Waals surface area contributed by atoms with Crippen LogP contribution in [-0.2, 0) is 22.2 Å². The van der Waals surface area contributed by atoms with Gasteiger partial charge in [-0.2, -0.15) is 4.31 Å². The first-order valence-electron chi connectivity index (χ1n) is 7.16. The smallest absolute Gasteiger partial charge is 0.239 e. The van der Waals surface area contributed by atoms with Crippen LogP contribution in [0.15, 0.2) is 36.4 Å². The maximum absolute atomic E-state index is 13.5. The van der Waals surface area contributed by atoms with Gasteiger partial charge >= 0.3 is 0 Å². The summed E-state index contributed by atoms with van der Waals surface area (Å²) in [5, 5.41) is 2.48. The molecule has 0 unspecified atom stereocenters. The molecule has 0 radical (unpaired) electrons. The van der Waals surface area contributed by atoms with Crippen molar-refractivity contribution in [1.29, 1.82) is 0 Å². The minimum atomic E-state index is -3.09. The van der Waals surface area contributed by atoms with Crippen LogP contribution in [0, 0.1) is 18.6 Å². The van der Waals surface area contributed by atoms with E-state index in [4.69, 9.17) is 11.6 Å². The maximum Gasteiger partial charge on any atom is 0.239 e. The Kier molecular flexibility index (Phi) is 6.46. The SMILES string of the molecule is Cc1ccc(Cl)cc1CN(CC(=O)Nc1c(F)cccc1F)[SH](=O)=O. The van der Waals surface area contributed by atoms with Crippen molar-refractivity contribution in [2.24, 2.45) is 0 Å². The zero-order valence-corrected chi connectivity index (χ0v) is 14.8. The Bertz CT molecular complexity index is 846. The van der Waals surface area contributed by atoms with E-state index in [1.165, 1.54) is 0 Å². The molecule has 0 aliphatic rings. The fourth-order valence-electron chi connectivity index (χ4n) is 2.14. The highest BCUT2D eigenvalue weighted by atomic mass is 35.5. The molecule has 0 aliphatic carbocycles. The lowest BCUT2D eigenvalue weighted by Gasteiger charge is -2.17. The minimum Gasteiger partial charge on any atom is -0.320 e. The molecule has 2 aromatic rings. The fraction of sp³-hybridized carbons (Fsp3) is 0.188. The van der Waals surface area contributed by atoms with Crippen LogP contribution in [0.1, 0.15) is 11.1 Å². The molecule has 0 spiro atoms. The Morgan fingerprint density at radius 3 is 2.44 bits per heavy atom. The number of hydrogen-bond donors (Lipinski definition) is 2. The van der Waals surface area contributed by atoms with E-state index in [1.807, 2.05) is 0 Å². The van der Waals surface area contributed by atoms with E-state index in [0.29, 0.717) is 10.6 Å². The van der Waals surface area contributed by atoms with Crippen LogP contribution in [0.5, 0.6) is 0 Å². The van der Waals surface area contributed by atoms with Crippen molar-refractivity contribution in [3.8, 4) is 0 Å². The summed E-state index contributed by atoms with van der Waals surface area (Å²) in [6.07, 6.45) is 0. The molecule has 9 heteroatoms. The van der Waals surface area contributed by atoms with Crippen molar-refractivity contribution in [2.75, 3.05) is 11.9 Å². The molecule has 0 bridgehead atoms. The third-order valence-corrected chi connectivity index (χ3v) is 4.43. The lowest BCUT2D eigenvalue weighted by Crippen LogP contribution is -2.32. The molecule has 0 aliphatic heterocycles. The quantitative estimate of drug-likeness (QED) is 0.748. The van der Waals surface area contributed by atoms with E-state index in [1.54, 1.807) is 25.1 Å². The minimum absolute atomic E-state index is 0.0850. The topological polar surface area (TPSA) is 66.5 Å². The average molecular weight is 389 g/mol. The van der Waals surface area contributed by atoms with E-state index in [0.717, 1.165) is 28.1 Å². The van der Waals surface area contributed by atoms with Crippen LogP contribution in [-0.4, -0.2) is 25.2 Å². The predicted octanol–water partition coefficient (Wildman–Crippen LogP) is 2.89. The molecule has 2 aromatic carbocycles. The molecule has 5 nitrogen and oxygen atoms in total. The maximum atomic E-state index is 13.5. The second kappa shape index (κ2) is 8.37. The molecule has 0 saturated heterocycles. The van der Waals surface area contributed by atoms with Crippen molar-refractivity contribution < 1.29 is 22.0 Å². The number of benzene rings is 2. The van der Waals surface area contributed by atoms with Crippen LogP contribution < -0.4 is 5.32 Å². The van der Waals surface area contributed by atoms with Gasteiger partial charge in [0, 0.05) is 11.6 Å². The third kappa shape index (κ3) is 5.22. The summed E-state index contributed by atoms with van der Waals surface area (Å²) >= 11 is 5.90. The first kappa shape index (κ1) is 19.3. The van der Waals surface area contributed by atoms with Crippen LogP contribution in [0.25, 0.3) is 0 Å². The Morgan fingerprint density at radius 1 is 1.20 bits per heavy atom. The van der Waals surface area contributed by atoms with Crippen molar-refractivity contribution in [1.82, 2.24) is 4.31 Å². The van der Waals surface area contributed by atoms with Gasteiger partial charge in [-0.1, -0.05) is 23.7 Å². The lowest BCUT2D eigenvalue weighted by atomic mass is 10.1. The number of rotatable bonds is 6. The molecule has 1 amide bonds. The van der Waals surface area contributed by atoms with Crippen LogP contribution in [0.3, 0.4) is 0 Å². The van der Waals surface area contributed by atoms with E-state index in [9.17, 15) is 22.0 Å². The summed E-state index contributed by atoms with van der Waals surface area (Å²) in [6, 6.07) is 8.11. The molecule has 2 rings (SSSR count). The molecule has 0 heterocycles. The Balaban J connectivity index is 2.14. The molecule has 0 saturated carbocycles. The monoisotopic (exact) mass is 388 g/mol. The number of amides is 1. The first-order valence-corrected chi connectivity index (χ1v) is 8.67. The standard InChI is InChI=1S/C16H15ClF2N2O3S/c1-10-5-6-12(17)7-11(10)8-21(25(23)24)9-15(22)20-16-13(18)3-2-4-14(16)19/h2-7,25H,8-9H2,1H3,(H,20,22). The number of halogens is 3. The van der Waals surface area contributed by atoms with Gasteiger partial charge in [-0.05, 0) is 42.3 Å². The number of carbonyl (C=O) groups excluding carboxylic acids is 1. The Hall–Kier alpha value is -2.03. The van der Waals surface area contributed by atoms with Crippen LogP contribution >= 0.6 is 11.6 Å². The van der Waals surface area contributed by atoms with Gasteiger partial charge in [0.05, 0.1) is 6.54 Å². The van der Waals surface area contributed by atoms with Gasteiger partial charge in [-0.25, -0.2) is 17.2 Å². The van der Waals surface area contributed by atoms with Crippen molar-refractivity contribution >= 4 is 34.1 Å². The number of hydrogen-bond acceptors (Lipinski definition) is 3. The molecule has 1 N–H and O–H groups in total. The van der Waals surface area contributed by atoms with Crippen molar-refractivity contribution in [3.05, 3.63) is 64.2 Å². The Morgan fingerprint density at radius 2 is 1.84 bits per heavy atom. The van der Waals surface area contributed by atoms with Gasteiger partial charge in [0.2, 0.25) is 16.8 Å². The highest BCUT2D eigenvalue weighted by Crippen LogP contribution is 2.19. The average Bonchev–Trinajstić information content (AvgIpc) is 2.53. The highest BCUT2D eigenvalue weighted by Gasteiger charge is 2.17. The number of aryl methyl sites for hydroxylation is 1.